The van der Waals surface area contributed by atoms with Crippen LogP contribution in [-0.4, -0.2) is 116 Å². The third-order valence-electron chi connectivity index (χ3n) is 16.5. The van der Waals surface area contributed by atoms with Gasteiger partial charge in [0.2, 0.25) is 6.29 Å². The van der Waals surface area contributed by atoms with Crippen LogP contribution < -0.4 is 0 Å². The van der Waals surface area contributed by atoms with E-state index in [9.17, 15) is 40.5 Å². The zero-order chi connectivity index (χ0) is 38.6. The van der Waals surface area contributed by atoms with Crippen LogP contribution in [0, 0.1) is 50.7 Å². The molecular formula is C41H64O12. The smallest absolute Gasteiger partial charge is 0.318 e. The van der Waals surface area contributed by atoms with Crippen molar-refractivity contribution >= 4 is 5.97 Å². The highest BCUT2D eigenvalue weighted by Crippen LogP contribution is 2.74. The van der Waals surface area contributed by atoms with E-state index in [0.29, 0.717) is 24.7 Å². The molecule has 5 aliphatic carbocycles. The first-order valence-corrected chi connectivity index (χ1v) is 20.0. The second-order valence-electron chi connectivity index (χ2n) is 19.2. The molecule has 0 unspecified atom stereocenters. The zero-order valence-corrected chi connectivity index (χ0v) is 32.5. The van der Waals surface area contributed by atoms with Gasteiger partial charge in [0.1, 0.15) is 42.7 Å². The monoisotopic (exact) mass is 748 g/mol. The van der Waals surface area contributed by atoms with Gasteiger partial charge < -0.3 is 54.7 Å². The normalized spacial score (nSPS) is 53.5. The van der Waals surface area contributed by atoms with E-state index >= 15 is 0 Å². The van der Waals surface area contributed by atoms with Gasteiger partial charge in [-0.15, -0.1) is 0 Å². The van der Waals surface area contributed by atoms with Gasteiger partial charge in [-0.1, -0.05) is 60.6 Å². The second kappa shape index (κ2) is 13.6. The van der Waals surface area contributed by atoms with Crippen molar-refractivity contribution in [1.82, 2.24) is 0 Å². The molecule has 0 aromatic carbocycles. The Hall–Kier alpha value is -1.45. The molecule has 7 N–H and O–H groups in total. The number of aliphatic hydroxyl groups is 7. The lowest BCUT2D eigenvalue weighted by atomic mass is 9.35. The molecule has 3 saturated carbocycles. The van der Waals surface area contributed by atoms with Gasteiger partial charge in [-0.3, -0.25) is 4.79 Å². The fraction of sp³-hybridized carbons (Fsp3) is 0.878. The van der Waals surface area contributed by atoms with Gasteiger partial charge in [-0.2, -0.15) is 0 Å². The standard InChI is InChI=1S/C41H64O12/c1-20-10-15-41(36(49)53-35-33(48)31(46)30(45)24(18-42)51-35)17-16-39(6)22(28(41)21(20)2)8-9-26-38(5)13-12-27(37(3,4)25(38)11-14-40(26,39)7)52-34-32(47)29(44)23(43)19-50-34/h8-9,20-21,23-27,29-35,42-48H,10-19H2,1-7H3/t20-,21+,23+,24-,25+,26-,27+,29+,30-,31+,32-,33-,34+,35+,38+,39-,40-,41+/m1/s1. The lowest BCUT2D eigenvalue weighted by Gasteiger charge is -2.69. The Morgan fingerprint density at radius 3 is 2.23 bits per heavy atom. The first kappa shape index (κ1) is 39.8. The molecule has 2 aliphatic heterocycles. The van der Waals surface area contributed by atoms with E-state index in [1.165, 1.54) is 5.57 Å². The number of rotatable bonds is 5. The summed E-state index contributed by atoms with van der Waals surface area (Å²) in [5, 5.41) is 72.3. The van der Waals surface area contributed by atoms with Gasteiger partial charge in [0, 0.05) is 0 Å². The molecule has 53 heavy (non-hydrogen) atoms. The summed E-state index contributed by atoms with van der Waals surface area (Å²) >= 11 is 0. The Bertz CT molecular complexity index is 1480. The van der Waals surface area contributed by atoms with Crippen LogP contribution in [0.4, 0.5) is 0 Å². The molecule has 7 aliphatic rings. The first-order valence-electron chi connectivity index (χ1n) is 20.0. The Kier molecular flexibility index (Phi) is 10.2. The van der Waals surface area contributed by atoms with Crippen LogP contribution in [-0.2, 0) is 23.7 Å². The molecule has 0 bridgehead atoms. The van der Waals surface area contributed by atoms with E-state index < -0.39 is 73.3 Å². The molecule has 7 rings (SSSR count). The quantitative estimate of drug-likeness (QED) is 0.161. The van der Waals surface area contributed by atoms with Crippen molar-refractivity contribution in [2.75, 3.05) is 13.2 Å². The Labute approximate surface area is 313 Å². The van der Waals surface area contributed by atoms with Crippen LogP contribution in [0.3, 0.4) is 0 Å². The molecule has 2 saturated heterocycles. The minimum Gasteiger partial charge on any atom is -0.432 e. The van der Waals surface area contributed by atoms with Crippen molar-refractivity contribution in [3.63, 3.8) is 0 Å². The maximum absolute atomic E-state index is 14.5. The molecule has 0 aromatic rings. The maximum atomic E-state index is 14.5. The molecule has 2 heterocycles. The van der Waals surface area contributed by atoms with Gasteiger partial charge in [0.25, 0.3) is 0 Å². The van der Waals surface area contributed by atoms with Crippen molar-refractivity contribution in [1.29, 1.82) is 0 Å². The molecule has 0 amide bonds. The summed E-state index contributed by atoms with van der Waals surface area (Å²) in [6, 6.07) is 0. The van der Waals surface area contributed by atoms with Crippen LogP contribution in [0.15, 0.2) is 23.3 Å². The number of fused-ring (bicyclic) bond motifs is 6. The number of hydrogen-bond acceptors (Lipinski definition) is 12. The lowest BCUT2D eigenvalue weighted by Crippen LogP contribution is -2.64. The molecule has 0 aromatic heterocycles. The topological polar surface area (TPSA) is 196 Å². The number of carbonyl (C=O) groups excluding carboxylic acids is 1. The third-order valence-corrected chi connectivity index (χ3v) is 16.5. The molecule has 0 radical (unpaired) electrons. The average Bonchev–Trinajstić information content (AvgIpc) is 3.11. The van der Waals surface area contributed by atoms with Crippen molar-refractivity contribution in [2.45, 2.75) is 161 Å². The molecular weight excluding hydrogens is 684 g/mol. The minimum atomic E-state index is -1.66. The number of allylic oxidation sites excluding steroid dienone is 3. The van der Waals surface area contributed by atoms with Crippen LogP contribution in [0.2, 0.25) is 0 Å². The summed E-state index contributed by atoms with van der Waals surface area (Å²) in [5.41, 5.74) is 0.720. The molecule has 12 nitrogen and oxygen atoms in total. The van der Waals surface area contributed by atoms with Crippen molar-refractivity contribution < 1.29 is 59.5 Å². The van der Waals surface area contributed by atoms with Gasteiger partial charge in [0.05, 0.1) is 24.7 Å². The van der Waals surface area contributed by atoms with E-state index in [0.717, 1.165) is 44.1 Å². The van der Waals surface area contributed by atoms with E-state index in [4.69, 9.17) is 18.9 Å². The minimum absolute atomic E-state index is 0.0597. The van der Waals surface area contributed by atoms with Crippen LogP contribution in [0.25, 0.3) is 0 Å². The zero-order valence-electron chi connectivity index (χ0n) is 32.5. The lowest BCUT2D eigenvalue weighted by molar-refractivity contribution is -0.306. The number of ether oxygens (including phenoxy) is 4. The van der Waals surface area contributed by atoms with E-state index in [-0.39, 0.29) is 46.2 Å². The Morgan fingerprint density at radius 1 is 0.830 bits per heavy atom. The Balaban J connectivity index is 1.21. The molecule has 0 spiro atoms. The number of aliphatic hydroxyl groups excluding tert-OH is 7. The van der Waals surface area contributed by atoms with E-state index in [1.807, 2.05) is 0 Å². The predicted molar refractivity (Wildman–Crippen MR) is 191 cm³/mol. The molecule has 18 atom stereocenters. The fourth-order valence-corrected chi connectivity index (χ4v) is 12.8. The highest BCUT2D eigenvalue weighted by atomic mass is 16.7. The largest absolute Gasteiger partial charge is 0.432 e. The average molecular weight is 749 g/mol. The predicted octanol–water partition coefficient (Wildman–Crippen LogP) is 2.73. The maximum Gasteiger partial charge on any atom is 0.318 e. The summed E-state index contributed by atoms with van der Waals surface area (Å²) in [6.45, 7) is 15.6. The molecule has 300 valence electrons. The fourth-order valence-electron chi connectivity index (χ4n) is 12.8. The molecule has 12 heteroatoms. The van der Waals surface area contributed by atoms with Gasteiger partial charge in [-0.25, -0.2) is 0 Å². The van der Waals surface area contributed by atoms with Gasteiger partial charge in [-0.05, 0) is 108 Å². The summed E-state index contributed by atoms with van der Waals surface area (Å²) in [5.74, 6) is 0.501. The summed E-state index contributed by atoms with van der Waals surface area (Å²) in [4.78, 5) is 14.5. The van der Waals surface area contributed by atoms with Crippen molar-refractivity contribution in [2.24, 2.45) is 50.7 Å². The third kappa shape index (κ3) is 5.70. The summed E-state index contributed by atoms with van der Waals surface area (Å²) in [7, 11) is 0. The number of carbonyl (C=O) groups is 1. The summed E-state index contributed by atoms with van der Waals surface area (Å²) in [6.07, 6.45) is -1.39. The van der Waals surface area contributed by atoms with E-state index in [1.54, 1.807) is 0 Å². The van der Waals surface area contributed by atoms with Crippen LogP contribution >= 0.6 is 0 Å². The molecule has 5 fully saturated rings. The summed E-state index contributed by atoms with van der Waals surface area (Å²) < 4.78 is 23.7. The highest BCUT2D eigenvalue weighted by molar-refractivity contribution is 5.82. The Morgan fingerprint density at radius 2 is 1.53 bits per heavy atom. The van der Waals surface area contributed by atoms with Gasteiger partial charge >= 0.3 is 5.97 Å². The highest BCUT2D eigenvalue weighted by Gasteiger charge is 2.68. The van der Waals surface area contributed by atoms with Gasteiger partial charge in [0.15, 0.2) is 6.29 Å². The first-order chi connectivity index (χ1) is 24.8. The van der Waals surface area contributed by atoms with Crippen LogP contribution in [0.1, 0.15) is 99.8 Å². The van der Waals surface area contributed by atoms with Crippen molar-refractivity contribution in [3.05, 3.63) is 23.3 Å². The van der Waals surface area contributed by atoms with Crippen molar-refractivity contribution in [3.8, 4) is 0 Å². The SMILES string of the molecule is C[C@@H]1CC[C@]2(C(=O)O[C@@H]3O[C@H](CO)[C@@H](O)[C@H](O)[C@H]3O)CC[C@]3(C)C(=C2[C@H]1C)C=C[C@@H]1[C@@]2(C)CC[C@H](O[C@@H]4OC[C@H](O)[C@H](O)[C@H]4O)C(C)(C)[C@@H]2CC[C@]13C. The van der Waals surface area contributed by atoms with Crippen LogP contribution in [0.5, 0.6) is 0 Å². The number of hydrogen-bond donors (Lipinski definition) is 7. The van der Waals surface area contributed by atoms with E-state index in [2.05, 4.69) is 60.6 Å². The number of esters is 1. The second-order valence-corrected chi connectivity index (χ2v) is 19.2.